The van der Waals surface area contributed by atoms with E-state index in [2.05, 4.69) is 5.32 Å². The van der Waals surface area contributed by atoms with Crippen LogP contribution in [0.2, 0.25) is 0 Å². The largest absolute Gasteiger partial charge is 0.479 e. The minimum absolute atomic E-state index is 0.182. The fourth-order valence-corrected chi connectivity index (χ4v) is 2.63. The number of carbonyl (C=O) groups excluding carboxylic acids is 1. The molecule has 0 saturated carbocycles. The molecule has 22 heavy (non-hydrogen) atoms. The maximum absolute atomic E-state index is 13.3. The maximum atomic E-state index is 13.3. The minimum atomic E-state index is -1.15. The number of halogens is 1. The lowest BCUT2D eigenvalue weighted by atomic mass is 9.97. The molecule has 0 radical (unpaired) electrons. The highest BCUT2D eigenvalue weighted by atomic mass is 19.1. The van der Waals surface area contributed by atoms with E-state index in [-0.39, 0.29) is 11.8 Å². The van der Waals surface area contributed by atoms with Crippen LogP contribution in [0.5, 0.6) is 0 Å². The first-order chi connectivity index (χ1) is 10.5. The molecule has 0 saturated heterocycles. The molecule has 0 fully saturated rings. The molecular formula is C17H20FNO3. The van der Waals surface area contributed by atoms with E-state index < -0.39 is 17.8 Å². The van der Waals surface area contributed by atoms with Crippen molar-refractivity contribution in [3.8, 4) is 0 Å². The van der Waals surface area contributed by atoms with Crippen LogP contribution in [0.3, 0.4) is 0 Å². The van der Waals surface area contributed by atoms with E-state index in [1.54, 1.807) is 6.92 Å². The van der Waals surface area contributed by atoms with Crippen molar-refractivity contribution in [2.75, 3.05) is 0 Å². The van der Waals surface area contributed by atoms with Crippen LogP contribution in [-0.4, -0.2) is 17.0 Å². The fourth-order valence-electron chi connectivity index (χ4n) is 2.63. The molecule has 0 aromatic heterocycles. The Morgan fingerprint density at radius 2 is 1.91 bits per heavy atom. The normalized spacial score (nSPS) is 16.8. The number of hydrogen-bond acceptors (Lipinski definition) is 2. The number of aliphatic carboxylic acids is 1. The quantitative estimate of drug-likeness (QED) is 0.840. The van der Waals surface area contributed by atoms with Gasteiger partial charge < -0.3 is 10.4 Å². The number of amides is 1. The Morgan fingerprint density at radius 1 is 1.27 bits per heavy atom. The van der Waals surface area contributed by atoms with Gasteiger partial charge in [-0.15, -0.1) is 0 Å². The first-order valence-corrected chi connectivity index (χ1v) is 7.43. The van der Waals surface area contributed by atoms with Crippen LogP contribution in [0.1, 0.15) is 42.9 Å². The van der Waals surface area contributed by atoms with E-state index in [1.807, 2.05) is 12.2 Å². The third-order valence-corrected chi connectivity index (χ3v) is 3.95. The number of carbonyl (C=O) groups is 2. The molecule has 2 rings (SSSR count). The molecule has 1 aromatic rings. The number of rotatable bonds is 4. The summed E-state index contributed by atoms with van der Waals surface area (Å²) in [5.74, 6) is -1.98. The zero-order chi connectivity index (χ0) is 16.1. The summed E-state index contributed by atoms with van der Waals surface area (Å²) >= 11 is 0. The van der Waals surface area contributed by atoms with Gasteiger partial charge in [0.1, 0.15) is 5.82 Å². The van der Waals surface area contributed by atoms with Crippen molar-refractivity contribution in [2.24, 2.45) is 5.92 Å². The summed E-state index contributed by atoms with van der Waals surface area (Å²) in [6.45, 7) is 1.57. The maximum Gasteiger partial charge on any atom is 0.330 e. The van der Waals surface area contributed by atoms with Gasteiger partial charge in [-0.2, -0.15) is 0 Å². The van der Waals surface area contributed by atoms with E-state index in [9.17, 15) is 19.1 Å². The molecule has 0 spiro atoms. The molecule has 1 aliphatic rings. The van der Waals surface area contributed by atoms with Gasteiger partial charge in [0.15, 0.2) is 6.04 Å². The van der Waals surface area contributed by atoms with Crippen LogP contribution < -0.4 is 5.32 Å². The van der Waals surface area contributed by atoms with Gasteiger partial charge in [0.05, 0.1) is 0 Å². The first kappa shape index (κ1) is 16.2. The highest BCUT2D eigenvalue weighted by Crippen LogP contribution is 2.22. The summed E-state index contributed by atoms with van der Waals surface area (Å²) in [5, 5.41) is 12.0. The van der Waals surface area contributed by atoms with E-state index in [1.165, 1.54) is 18.2 Å². The lowest BCUT2D eigenvalue weighted by molar-refractivity contribution is -0.142. The molecule has 5 heteroatoms. The van der Waals surface area contributed by atoms with Crippen molar-refractivity contribution in [2.45, 2.75) is 38.6 Å². The Balaban J connectivity index is 2.12. The predicted molar refractivity (Wildman–Crippen MR) is 80.8 cm³/mol. The Kier molecular flexibility index (Phi) is 5.31. The first-order valence-electron chi connectivity index (χ1n) is 7.43. The van der Waals surface area contributed by atoms with Gasteiger partial charge in [-0.05, 0) is 49.8 Å². The molecule has 2 N–H and O–H groups in total. The van der Waals surface area contributed by atoms with Crippen LogP contribution >= 0.6 is 0 Å². The van der Waals surface area contributed by atoms with Crippen molar-refractivity contribution in [3.05, 3.63) is 47.3 Å². The van der Waals surface area contributed by atoms with Gasteiger partial charge in [-0.3, -0.25) is 4.79 Å². The fraction of sp³-hybridized carbons (Fsp3) is 0.412. The molecule has 0 heterocycles. The van der Waals surface area contributed by atoms with Crippen molar-refractivity contribution < 1.29 is 19.1 Å². The van der Waals surface area contributed by atoms with Gasteiger partial charge >= 0.3 is 5.97 Å². The molecule has 1 atom stereocenters. The molecular weight excluding hydrogens is 285 g/mol. The Labute approximate surface area is 129 Å². The predicted octanol–water partition coefficient (Wildman–Crippen LogP) is 3.12. The lowest BCUT2D eigenvalue weighted by Crippen LogP contribution is -2.37. The molecule has 1 aliphatic carbocycles. The molecule has 0 aliphatic heterocycles. The Hall–Kier alpha value is -2.17. The van der Waals surface area contributed by atoms with Crippen molar-refractivity contribution in [1.29, 1.82) is 0 Å². The number of aryl methyl sites for hydroxylation is 1. The second-order valence-electron chi connectivity index (χ2n) is 5.61. The molecule has 1 aromatic carbocycles. The standard InChI is InChI=1S/C17H20FNO3/c1-11-10-13(8-9-14(11)18)15(17(21)22)19-16(20)12-6-4-2-3-5-7-12/h2-3,8-10,12,15H,4-7H2,1H3,(H,19,20)(H,21,22). The summed E-state index contributed by atoms with van der Waals surface area (Å²) in [6.07, 6.45) is 7.18. The van der Waals surface area contributed by atoms with E-state index in [0.29, 0.717) is 11.1 Å². The third kappa shape index (κ3) is 3.93. The monoisotopic (exact) mass is 305 g/mol. The van der Waals surface area contributed by atoms with Crippen molar-refractivity contribution in [3.63, 3.8) is 0 Å². The molecule has 1 amide bonds. The van der Waals surface area contributed by atoms with Crippen LogP contribution in [0.25, 0.3) is 0 Å². The van der Waals surface area contributed by atoms with Crippen LogP contribution in [-0.2, 0) is 9.59 Å². The van der Waals surface area contributed by atoms with Crippen LogP contribution in [0.4, 0.5) is 4.39 Å². The van der Waals surface area contributed by atoms with Crippen molar-refractivity contribution in [1.82, 2.24) is 5.32 Å². The van der Waals surface area contributed by atoms with Crippen LogP contribution in [0, 0.1) is 18.7 Å². The summed E-state index contributed by atoms with van der Waals surface area (Å²) < 4.78 is 13.3. The number of benzene rings is 1. The minimum Gasteiger partial charge on any atom is -0.479 e. The second-order valence-corrected chi connectivity index (χ2v) is 5.61. The molecule has 0 bridgehead atoms. The van der Waals surface area contributed by atoms with Gasteiger partial charge in [0.2, 0.25) is 5.91 Å². The summed E-state index contributed by atoms with van der Waals surface area (Å²) in [6, 6.07) is 2.93. The average molecular weight is 305 g/mol. The SMILES string of the molecule is Cc1cc(C(NC(=O)C2CCC=CCC2)C(=O)O)ccc1F. The second kappa shape index (κ2) is 7.20. The Bertz CT molecular complexity index is 588. The number of carboxylic acid groups (broad SMARTS) is 1. The summed E-state index contributed by atoms with van der Waals surface area (Å²) in [4.78, 5) is 23.8. The van der Waals surface area contributed by atoms with E-state index in [0.717, 1.165) is 25.7 Å². The highest BCUT2D eigenvalue weighted by Gasteiger charge is 2.26. The summed E-state index contributed by atoms with van der Waals surface area (Å²) in [5.41, 5.74) is 0.739. The highest BCUT2D eigenvalue weighted by molar-refractivity contribution is 5.85. The number of carboxylic acids is 1. The average Bonchev–Trinajstić information content (AvgIpc) is 2.76. The zero-order valence-electron chi connectivity index (χ0n) is 12.5. The zero-order valence-corrected chi connectivity index (χ0v) is 12.5. The lowest BCUT2D eigenvalue weighted by Gasteiger charge is -2.20. The third-order valence-electron chi connectivity index (χ3n) is 3.95. The molecule has 1 unspecified atom stereocenters. The van der Waals surface area contributed by atoms with Gasteiger partial charge in [-0.25, -0.2) is 9.18 Å². The summed E-state index contributed by atoms with van der Waals surface area (Å²) in [7, 11) is 0. The number of allylic oxidation sites excluding steroid dienone is 2. The topological polar surface area (TPSA) is 66.4 Å². The van der Waals surface area contributed by atoms with E-state index >= 15 is 0 Å². The van der Waals surface area contributed by atoms with Gasteiger partial charge in [-0.1, -0.05) is 24.3 Å². The van der Waals surface area contributed by atoms with Crippen molar-refractivity contribution >= 4 is 11.9 Å². The van der Waals surface area contributed by atoms with E-state index in [4.69, 9.17) is 0 Å². The smallest absolute Gasteiger partial charge is 0.330 e. The molecule has 4 nitrogen and oxygen atoms in total. The van der Waals surface area contributed by atoms with Gasteiger partial charge in [0, 0.05) is 5.92 Å². The molecule has 118 valence electrons. The Morgan fingerprint density at radius 3 is 2.45 bits per heavy atom. The number of hydrogen-bond donors (Lipinski definition) is 2. The van der Waals surface area contributed by atoms with Gasteiger partial charge in [0.25, 0.3) is 0 Å². The van der Waals surface area contributed by atoms with Crippen LogP contribution in [0.15, 0.2) is 30.4 Å². The number of nitrogens with one attached hydrogen (secondary N) is 1.